The summed E-state index contributed by atoms with van der Waals surface area (Å²) in [6, 6.07) is 0. The second kappa shape index (κ2) is 12.1. The van der Waals surface area contributed by atoms with Gasteiger partial charge in [-0.15, -0.1) is 0 Å². The van der Waals surface area contributed by atoms with E-state index >= 15 is 0 Å². The molecule has 220 valence electrons. The van der Waals surface area contributed by atoms with Crippen molar-refractivity contribution in [1.29, 1.82) is 0 Å². The molecule has 21 nitrogen and oxygen atoms in total. The Kier molecular flexibility index (Phi) is 9.74. The molecule has 0 spiro atoms. The molecular weight excluding hydrogens is 580 g/mol. The Morgan fingerprint density at radius 1 is 1.21 bits per heavy atom. The van der Waals surface area contributed by atoms with Crippen LogP contribution in [0.2, 0.25) is 0 Å². The third-order valence-corrected chi connectivity index (χ3v) is 7.94. The van der Waals surface area contributed by atoms with E-state index in [0.29, 0.717) is 0 Å². The lowest BCUT2D eigenvalue weighted by atomic mass is 10.0. The SMILES string of the molecule is Nc1nc2c(ncn2[C@@H]2O[C@H](COP(=O)(O[C@@H](C=O)[C@@H](O)[C@H](O)[C@H](O)CO)OP(=O)(O)O)[C@@H](O)[C@H]2O)c(=O)[nH]1. The molecule has 0 aromatic carbocycles. The maximum atomic E-state index is 13.0. The first kappa shape index (κ1) is 31.3. The molecule has 1 aliphatic heterocycles. The van der Waals surface area contributed by atoms with E-state index in [0.717, 1.165) is 10.9 Å². The number of aromatic amines is 1. The van der Waals surface area contributed by atoms with Gasteiger partial charge in [-0.1, -0.05) is 0 Å². The van der Waals surface area contributed by atoms with Crippen molar-refractivity contribution in [2.24, 2.45) is 0 Å². The first-order chi connectivity index (χ1) is 18.1. The van der Waals surface area contributed by atoms with E-state index in [9.17, 15) is 44.3 Å². The van der Waals surface area contributed by atoms with Crippen LogP contribution in [0.3, 0.4) is 0 Å². The molecule has 0 radical (unpaired) electrons. The monoisotopic (exact) mass is 605 g/mol. The van der Waals surface area contributed by atoms with Crippen molar-refractivity contribution >= 4 is 39.0 Å². The fourth-order valence-electron chi connectivity index (χ4n) is 3.44. The number of nitrogens with one attached hydrogen (secondary N) is 1. The Hall–Kier alpha value is -2.20. The molecule has 0 aliphatic carbocycles. The Bertz CT molecular complexity index is 1320. The number of phosphoric acid groups is 2. The Morgan fingerprint density at radius 3 is 2.46 bits per heavy atom. The Balaban J connectivity index is 1.81. The fourth-order valence-corrected chi connectivity index (χ4v) is 5.69. The minimum absolute atomic E-state index is 0.153. The maximum absolute atomic E-state index is 13.0. The number of hydrogen-bond donors (Lipinski definition) is 10. The van der Waals surface area contributed by atoms with E-state index in [1.165, 1.54) is 0 Å². The molecule has 0 bridgehead atoms. The Labute approximate surface area is 216 Å². The number of rotatable bonds is 13. The maximum Gasteiger partial charge on any atom is 0.484 e. The first-order valence-corrected chi connectivity index (χ1v) is 13.6. The second-order valence-corrected chi connectivity index (χ2v) is 11.1. The molecule has 1 saturated heterocycles. The number of phosphoric ester groups is 1. The van der Waals surface area contributed by atoms with Crippen LogP contribution in [0.5, 0.6) is 0 Å². The van der Waals surface area contributed by atoms with Gasteiger partial charge in [0, 0.05) is 0 Å². The summed E-state index contributed by atoms with van der Waals surface area (Å²) in [5, 5.41) is 59.0. The van der Waals surface area contributed by atoms with E-state index < -0.39 is 83.4 Å². The lowest BCUT2D eigenvalue weighted by Gasteiger charge is -2.28. The minimum atomic E-state index is -5.69. The van der Waals surface area contributed by atoms with E-state index in [1.54, 1.807) is 0 Å². The van der Waals surface area contributed by atoms with Crippen LogP contribution in [0.4, 0.5) is 5.95 Å². The predicted molar refractivity (Wildman–Crippen MR) is 121 cm³/mol. The number of nitrogens with zero attached hydrogens (tertiary/aromatic N) is 3. The quantitative estimate of drug-likeness (QED) is 0.0756. The molecule has 1 unspecified atom stereocenters. The van der Waals surface area contributed by atoms with Crippen molar-refractivity contribution in [1.82, 2.24) is 19.5 Å². The number of nitrogen functional groups attached to an aromatic ring is 1. The second-order valence-electron chi connectivity index (χ2n) is 8.07. The first-order valence-electron chi connectivity index (χ1n) is 10.6. The van der Waals surface area contributed by atoms with Gasteiger partial charge in [0.2, 0.25) is 5.95 Å². The lowest BCUT2D eigenvalue weighted by Crippen LogP contribution is -2.47. The summed E-state index contributed by atoms with van der Waals surface area (Å²) in [5.74, 6) is -0.307. The van der Waals surface area contributed by atoms with Crippen LogP contribution < -0.4 is 11.3 Å². The highest BCUT2D eigenvalue weighted by molar-refractivity contribution is 7.61. The molecule has 9 atom stereocenters. The van der Waals surface area contributed by atoms with Gasteiger partial charge >= 0.3 is 15.6 Å². The number of imidazole rings is 1. The zero-order valence-corrected chi connectivity index (χ0v) is 21.1. The summed E-state index contributed by atoms with van der Waals surface area (Å²) in [5.41, 5.74) is 4.44. The smallest absolute Gasteiger partial charge is 0.394 e. The third kappa shape index (κ3) is 7.12. The number of aliphatic hydroxyl groups excluding tert-OH is 6. The predicted octanol–water partition coefficient (Wildman–Crippen LogP) is -4.79. The van der Waals surface area contributed by atoms with Crippen LogP contribution >= 0.6 is 15.6 Å². The molecule has 1 aliphatic rings. The number of aliphatic hydroxyl groups is 6. The van der Waals surface area contributed by atoms with Crippen LogP contribution in [-0.2, 0) is 32.0 Å². The molecule has 39 heavy (non-hydrogen) atoms. The lowest BCUT2D eigenvalue weighted by molar-refractivity contribution is -0.135. The number of aromatic nitrogens is 4. The summed E-state index contributed by atoms with van der Waals surface area (Å²) in [6.45, 7) is -2.17. The largest absolute Gasteiger partial charge is 0.484 e. The van der Waals surface area contributed by atoms with Gasteiger partial charge in [0.15, 0.2) is 29.8 Å². The average molecular weight is 605 g/mol. The highest BCUT2D eigenvalue weighted by Crippen LogP contribution is 2.62. The zero-order chi connectivity index (χ0) is 29.3. The van der Waals surface area contributed by atoms with Gasteiger partial charge in [0.25, 0.3) is 5.56 Å². The number of fused-ring (bicyclic) bond motifs is 1. The summed E-state index contributed by atoms with van der Waals surface area (Å²) in [6.07, 6.45) is -15.0. The van der Waals surface area contributed by atoms with Gasteiger partial charge in [-0.05, 0) is 0 Å². The summed E-state index contributed by atoms with van der Waals surface area (Å²) >= 11 is 0. The van der Waals surface area contributed by atoms with E-state index in [4.69, 9.17) is 29.9 Å². The van der Waals surface area contributed by atoms with E-state index in [2.05, 4.69) is 23.8 Å². The summed E-state index contributed by atoms with van der Waals surface area (Å²) in [4.78, 5) is 51.5. The molecule has 3 rings (SSSR count). The van der Waals surface area contributed by atoms with Crippen LogP contribution in [0.15, 0.2) is 11.1 Å². The molecule has 3 heterocycles. The molecular formula is C16H25N5O16P2. The Morgan fingerprint density at radius 2 is 1.87 bits per heavy atom. The van der Waals surface area contributed by atoms with Crippen LogP contribution in [0.1, 0.15) is 6.23 Å². The summed E-state index contributed by atoms with van der Waals surface area (Å²) < 4.78 is 44.3. The highest BCUT2D eigenvalue weighted by Gasteiger charge is 2.48. The van der Waals surface area contributed by atoms with Gasteiger partial charge in [-0.25, -0.2) is 14.1 Å². The number of hydrogen-bond acceptors (Lipinski definition) is 17. The van der Waals surface area contributed by atoms with Crippen molar-refractivity contribution in [3.05, 3.63) is 16.7 Å². The van der Waals surface area contributed by atoms with Gasteiger partial charge in [-0.2, -0.15) is 9.29 Å². The number of carbonyl (C=O) groups excluding carboxylic acids is 1. The molecule has 23 heteroatoms. The van der Waals surface area contributed by atoms with Crippen LogP contribution in [-0.4, -0.2) is 122 Å². The normalized spacial score (nSPS) is 26.7. The van der Waals surface area contributed by atoms with E-state index in [-0.39, 0.29) is 23.4 Å². The molecule has 1 fully saturated rings. The zero-order valence-electron chi connectivity index (χ0n) is 19.3. The number of aldehydes is 1. The highest BCUT2D eigenvalue weighted by atomic mass is 31.3. The number of anilines is 1. The van der Waals surface area contributed by atoms with Crippen molar-refractivity contribution in [2.45, 2.75) is 49.0 Å². The topological polar surface area (TPSA) is 340 Å². The van der Waals surface area contributed by atoms with Gasteiger partial charge in [-0.3, -0.25) is 23.4 Å². The van der Waals surface area contributed by atoms with Crippen LogP contribution in [0.25, 0.3) is 11.2 Å². The fraction of sp³-hybridized carbons (Fsp3) is 0.625. The van der Waals surface area contributed by atoms with Gasteiger partial charge in [0.1, 0.15) is 36.6 Å². The van der Waals surface area contributed by atoms with Gasteiger partial charge in [0.05, 0.1) is 19.5 Å². The number of nitrogens with two attached hydrogens (primary N) is 1. The number of carbonyl (C=O) groups is 1. The third-order valence-electron chi connectivity index (χ3n) is 5.32. The van der Waals surface area contributed by atoms with Crippen molar-refractivity contribution in [3.8, 4) is 0 Å². The van der Waals surface area contributed by atoms with Crippen molar-refractivity contribution in [2.75, 3.05) is 18.9 Å². The molecule has 11 N–H and O–H groups in total. The van der Waals surface area contributed by atoms with Crippen molar-refractivity contribution in [3.63, 3.8) is 0 Å². The minimum Gasteiger partial charge on any atom is -0.394 e. The molecule has 0 saturated carbocycles. The van der Waals surface area contributed by atoms with E-state index in [1.807, 2.05) is 0 Å². The molecule has 2 aromatic heterocycles. The number of H-pyrrole nitrogens is 1. The van der Waals surface area contributed by atoms with Gasteiger partial charge < -0.3 is 55.7 Å². The molecule has 0 amide bonds. The standard InChI is InChI=1S/C16H25N5O16P2/c17-16-19-13-8(14(29)20-16)18-4-21(13)15-12(28)11(27)7(35-15)3-34-39(33,37-38(30,31)32)36-6(2-23)10(26)9(25)5(24)1-22/h2,4-7,9-12,15,22,24-28H,1,3H2,(H2,30,31,32)(H3,17,19,20,29)/t5-,6+,7-,9-,10-,11-,12-,15-,39?/m1/s1. The number of ether oxygens (including phenoxy) is 1. The van der Waals surface area contributed by atoms with Crippen LogP contribution in [0, 0.1) is 0 Å². The summed E-state index contributed by atoms with van der Waals surface area (Å²) in [7, 11) is -11.2. The molecule has 2 aromatic rings. The average Bonchev–Trinajstić information content (AvgIpc) is 3.39. The van der Waals surface area contributed by atoms with Crippen molar-refractivity contribution < 1.29 is 72.4 Å².